The lowest BCUT2D eigenvalue weighted by atomic mass is 9.96. The maximum Gasteiger partial charge on any atom is 0.277 e. The third-order valence-corrected chi connectivity index (χ3v) is 5.74. The molecule has 152 valence electrons. The number of rotatable bonds is 8. The van der Waals surface area contributed by atoms with Crippen molar-refractivity contribution in [2.24, 2.45) is 0 Å². The Kier molecular flexibility index (Phi) is 7.09. The van der Waals surface area contributed by atoms with Crippen LogP contribution in [0.1, 0.15) is 42.9 Å². The lowest BCUT2D eigenvalue weighted by Gasteiger charge is -2.17. The highest BCUT2D eigenvalue weighted by Gasteiger charge is 2.20. The van der Waals surface area contributed by atoms with Crippen LogP contribution in [0.2, 0.25) is 0 Å². The van der Waals surface area contributed by atoms with E-state index < -0.39 is 0 Å². The standard InChI is InChI=1S/C23H27N3O2S/c1-5-18(19-9-7-6-8-10-19)14-24-21(27)17(4)29-23-26-25-22(28-23)20-12-15(2)11-16(3)13-20/h6-13,17-18H,5,14H2,1-4H3,(H,24,27)/t17-,18+/m1/s1. The van der Waals surface area contributed by atoms with Crippen LogP contribution in [0.5, 0.6) is 0 Å². The normalized spacial score (nSPS) is 13.1. The SMILES string of the molecule is CC[C@@H](CNC(=O)[C@@H](C)Sc1nnc(-c2cc(C)cc(C)c2)o1)c1ccccc1. The van der Waals surface area contributed by atoms with E-state index in [4.69, 9.17) is 4.42 Å². The summed E-state index contributed by atoms with van der Waals surface area (Å²) in [6.07, 6.45) is 0.967. The number of aromatic nitrogens is 2. The number of amides is 1. The topological polar surface area (TPSA) is 68.0 Å². The van der Waals surface area contributed by atoms with E-state index in [0.29, 0.717) is 23.6 Å². The molecule has 2 aromatic carbocycles. The lowest BCUT2D eigenvalue weighted by Crippen LogP contribution is -2.34. The molecule has 0 radical (unpaired) electrons. The highest BCUT2D eigenvalue weighted by atomic mass is 32.2. The summed E-state index contributed by atoms with van der Waals surface area (Å²) in [5.74, 6) is 0.745. The number of benzene rings is 2. The zero-order valence-corrected chi connectivity index (χ0v) is 18.1. The molecule has 0 spiro atoms. The first-order chi connectivity index (χ1) is 14.0. The van der Waals surface area contributed by atoms with Crippen molar-refractivity contribution in [3.05, 3.63) is 65.2 Å². The van der Waals surface area contributed by atoms with Crippen LogP contribution in [-0.4, -0.2) is 27.9 Å². The Morgan fingerprint density at radius 1 is 1.10 bits per heavy atom. The van der Waals surface area contributed by atoms with Gasteiger partial charge in [-0.1, -0.05) is 66.2 Å². The van der Waals surface area contributed by atoms with E-state index in [1.54, 1.807) is 0 Å². The minimum Gasteiger partial charge on any atom is -0.411 e. The van der Waals surface area contributed by atoms with Gasteiger partial charge in [0.05, 0.1) is 5.25 Å². The summed E-state index contributed by atoms with van der Waals surface area (Å²) in [4.78, 5) is 12.5. The first kappa shape index (κ1) is 21.1. The summed E-state index contributed by atoms with van der Waals surface area (Å²) in [6, 6.07) is 16.4. The average molecular weight is 410 g/mol. The van der Waals surface area contributed by atoms with Gasteiger partial charge in [0, 0.05) is 18.0 Å². The third-order valence-electron chi connectivity index (χ3n) is 4.81. The molecule has 1 N–H and O–H groups in total. The number of nitrogens with one attached hydrogen (secondary N) is 1. The number of thioether (sulfide) groups is 1. The molecule has 0 aliphatic heterocycles. The summed E-state index contributed by atoms with van der Waals surface area (Å²) in [7, 11) is 0. The minimum atomic E-state index is -0.323. The van der Waals surface area contributed by atoms with Gasteiger partial charge in [-0.05, 0) is 44.9 Å². The molecule has 3 rings (SSSR count). The Morgan fingerprint density at radius 2 is 1.79 bits per heavy atom. The van der Waals surface area contributed by atoms with Gasteiger partial charge in [-0.3, -0.25) is 4.79 Å². The second-order valence-electron chi connectivity index (χ2n) is 7.27. The van der Waals surface area contributed by atoms with Crippen LogP contribution in [0.3, 0.4) is 0 Å². The van der Waals surface area contributed by atoms with E-state index in [-0.39, 0.29) is 11.2 Å². The van der Waals surface area contributed by atoms with E-state index >= 15 is 0 Å². The van der Waals surface area contributed by atoms with Gasteiger partial charge in [-0.25, -0.2) is 0 Å². The summed E-state index contributed by atoms with van der Waals surface area (Å²) >= 11 is 1.28. The smallest absolute Gasteiger partial charge is 0.277 e. The Hall–Kier alpha value is -2.60. The first-order valence-electron chi connectivity index (χ1n) is 9.87. The van der Waals surface area contributed by atoms with Crippen molar-refractivity contribution in [1.82, 2.24) is 15.5 Å². The second kappa shape index (κ2) is 9.74. The van der Waals surface area contributed by atoms with Crippen LogP contribution < -0.4 is 5.32 Å². The maximum atomic E-state index is 12.5. The molecule has 2 atom stereocenters. The molecule has 0 aliphatic rings. The summed E-state index contributed by atoms with van der Waals surface area (Å²) in [6.45, 7) is 8.67. The van der Waals surface area contributed by atoms with Crippen molar-refractivity contribution < 1.29 is 9.21 Å². The van der Waals surface area contributed by atoms with E-state index in [1.807, 2.05) is 51.1 Å². The molecule has 1 amide bonds. The Morgan fingerprint density at radius 3 is 2.45 bits per heavy atom. The van der Waals surface area contributed by atoms with Crippen LogP contribution in [0.4, 0.5) is 0 Å². The van der Waals surface area contributed by atoms with E-state index in [1.165, 1.54) is 17.3 Å². The third kappa shape index (κ3) is 5.70. The number of carbonyl (C=O) groups excluding carboxylic acids is 1. The Bertz CT molecular complexity index is 936. The molecule has 1 heterocycles. The van der Waals surface area contributed by atoms with Gasteiger partial charge in [0.15, 0.2) is 0 Å². The minimum absolute atomic E-state index is 0.0319. The van der Waals surface area contributed by atoms with Gasteiger partial charge < -0.3 is 9.73 Å². The molecule has 5 nitrogen and oxygen atoms in total. The molecule has 0 saturated carbocycles. The summed E-state index contributed by atoms with van der Waals surface area (Å²) in [5, 5.41) is 11.4. The summed E-state index contributed by atoms with van der Waals surface area (Å²) in [5.41, 5.74) is 4.42. The Balaban J connectivity index is 1.58. The summed E-state index contributed by atoms with van der Waals surface area (Å²) < 4.78 is 5.78. The van der Waals surface area contributed by atoms with Gasteiger partial charge in [0.1, 0.15) is 0 Å². The number of carbonyl (C=O) groups is 1. The van der Waals surface area contributed by atoms with Gasteiger partial charge in [-0.15, -0.1) is 10.2 Å². The molecule has 0 aliphatic carbocycles. The highest BCUT2D eigenvalue weighted by molar-refractivity contribution is 8.00. The molecule has 0 fully saturated rings. The van der Waals surface area contributed by atoms with Gasteiger partial charge in [-0.2, -0.15) is 0 Å². The predicted molar refractivity (Wildman–Crippen MR) is 117 cm³/mol. The fraction of sp³-hybridized carbons (Fsp3) is 0.348. The largest absolute Gasteiger partial charge is 0.411 e. The molecule has 3 aromatic rings. The van der Waals surface area contributed by atoms with Crippen molar-refractivity contribution >= 4 is 17.7 Å². The fourth-order valence-electron chi connectivity index (χ4n) is 3.27. The van der Waals surface area contributed by atoms with Crippen LogP contribution in [0, 0.1) is 13.8 Å². The molecule has 0 saturated heterocycles. The van der Waals surface area contributed by atoms with Crippen LogP contribution in [0.25, 0.3) is 11.5 Å². The Labute approximate surface area is 176 Å². The molecule has 1 aromatic heterocycles. The van der Waals surface area contributed by atoms with Crippen molar-refractivity contribution in [2.75, 3.05) is 6.54 Å². The quantitative estimate of drug-likeness (QED) is 0.522. The molecule has 0 unspecified atom stereocenters. The number of hydrogen-bond acceptors (Lipinski definition) is 5. The zero-order chi connectivity index (χ0) is 20.8. The van der Waals surface area contributed by atoms with E-state index in [0.717, 1.165) is 23.1 Å². The first-order valence-corrected chi connectivity index (χ1v) is 10.8. The second-order valence-corrected chi connectivity index (χ2v) is 8.56. The molecule has 6 heteroatoms. The van der Waals surface area contributed by atoms with Gasteiger partial charge in [0.2, 0.25) is 11.8 Å². The number of nitrogens with zero attached hydrogens (tertiary/aromatic N) is 2. The maximum absolute atomic E-state index is 12.5. The van der Waals surface area contributed by atoms with Crippen molar-refractivity contribution in [3.63, 3.8) is 0 Å². The predicted octanol–water partition coefficient (Wildman–Crippen LogP) is 5.14. The monoisotopic (exact) mass is 409 g/mol. The van der Waals surface area contributed by atoms with E-state index in [9.17, 15) is 4.79 Å². The zero-order valence-electron chi connectivity index (χ0n) is 17.3. The molecular formula is C23H27N3O2S. The van der Waals surface area contributed by atoms with Gasteiger partial charge >= 0.3 is 0 Å². The molecular weight excluding hydrogens is 382 g/mol. The van der Waals surface area contributed by atoms with Crippen LogP contribution >= 0.6 is 11.8 Å². The number of aryl methyl sites for hydroxylation is 2. The lowest BCUT2D eigenvalue weighted by molar-refractivity contribution is -0.120. The van der Waals surface area contributed by atoms with Crippen molar-refractivity contribution in [3.8, 4) is 11.5 Å². The van der Waals surface area contributed by atoms with Crippen LogP contribution in [0.15, 0.2) is 58.2 Å². The van der Waals surface area contributed by atoms with Crippen LogP contribution in [-0.2, 0) is 4.79 Å². The highest BCUT2D eigenvalue weighted by Crippen LogP contribution is 2.27. The van der Waals surface area contributed by atoms with Crippen molar-refractivity contribution in [1.29, 1.82) is 0 Å². The molecule has 0 bridgehead atoms. The number of hydrogen-bond donors (Lipinski definition) is 1. The average Bonchev–Trinajstić information content (AvgIpc) is 3.17. The fourth-order valence-corrected chi connectivity index (χ4v) is 3.98. The molecule has 29 heavy (non-hydrogen) atoms. The van der Waals surface area contributed by atoms with Crippen molar-refractivity contribution in [2.45, 2.75) is 50.5 Å². The van der Waals surface area contributed by atoms with E-state index in [2.05, 4.69) is 40.6 Å². The van der Waals surface area contributed by atoms with Gasteiger partial charge in [0.25, 0.3) is 5.22 Å².